The zero-order valence-electron chi connectivity index (χ0n) is 24.6. The fourth-order valence-electron chi connectivity index (χ4n) is 4.36. The van der Waals surface area contributed by atoms with Crippen LogP contribution in [0, 0.1) is 13.8 Å². The van der Waals surface area contributed by atoms with Gasteiger partial charge in [0.15, 0.2) is 5.89 Å². The molecule has 0 atom stereocenters. The molecule has 4 rings (SSSR count). The van der Waals surface area contributed by atoms with Gasteiger partial charge in [-0.1, -0.05) is 42.0 Å². The minimum Gasteiger partial charge on any atom is -0.468 e. The highest BCUT2D eigenvalue weighted by Gasteiger charge is 2.33. The molecular weight excluding hydrogens is 520 g/mol. The van der Waals surface area contributed by atoms with Crippen molar-refractivity contribution < 1.29 is 18.4 Å². The highest BCUT2D eigenvalue weighted by molar-refractivity contribution is 8.01. The van der Waals surface area contributed by atoms with Gasteiger partial charge < -0.3 is 13.6 Å². The van der Waals surface area contributed by atoms with E-state index in [0.29, 0.717) is 26.1 Å². The van der Waals surface area contributed by atoms with Gasteiger partial charge in [0.25, 0.3) is 0 Å². The quantitative estimate of drug-likeness (QED) is 0.136. The number of hydrogen-bond acceptors (Lipinski definition) is 7. The number of oxazole rings is 1. The molecule has 0 spiro atoms. The van der Waals surface area contributed by atoms with Crippen LogP contribution in [0.3, 0.4) is 0 Å². The molecule has 40 heavy (non-hydrogen) atoms. The van der Waals surface area contributed by atoms with E-state index in [1.807, 2.05) is 53.7 Å². The number of aromatic nitrogens is 1. The molecule has 0 saturated carbocycles. The van der Waals surface area contributed by atoms with Gasteiger partial charge in [0, 0.05) is 17.9 Å². The van der Waals surface area contributed by atoms with Crippen LogP contribution < -0.4 is 0 Å². The summed E-state index contributed by atoms with van der Waals surface area (Å²) < 4.78 is 16.8. The highest BCUT2D eigenvalue weighted by Crippen LogP contribution is 2.35. The molecular formula is C33H40N2O4S. The van der Waals surface area contributed by atoms with Crippen molar-refractivity contribution in [1.29, 1.82) is 0 Å². The molecule has 0 aliphatic heterocycles. The molecule has 0 unspecified atom stereocenters. The number of ether oxygens (including phenoxy) is 1. The fourth-order valence-corrected chi connectivity index (χ4v) is 5.35. The number of nitrogens with zero attached hydrogens (tertiary/aromatic N) is 2. The molecule has 0 fully saturated rings. The molecule has 0 aliphatic rings. The molecule has 212 valence electrons. The Hall–Kier alpha value is -3.29. The summed E-state index contributed by atoms with van der Waals surface area (Å²) in [5.74, 6) is 2.26. The molecule has 0 saturated heterocycles. The van der Waals surface area contributed by atoms with E-state index >= 15 is 0 Å². The van der Waals surface area contributed by atoms with Crippen LogP contribution in [0.15, 0.2) is 80.7 Å². The molecule has 2 aromatic heterocycles. The van der Waals surface area contributed by atoms with Gasteiger partial charge in [-0.2, -0.15) is 0 Å². The Kier molecular flexibility index (Phi) is 9.26. The van der Waals surface area contributed by atoms with E-state index in [-0.39, 0.29) is 5.97 Å². The largest absolute Gasteiger partial charge is 0.468 e. The van der Waals surface area contributed by atoms with Crippen molar-refractivity contribution in [1.82, 2.24) is 9.88 Å². The molecule has 2 heterocycles. The summed E-state index contributed by atoms with van der Waals surface area (Å²) in [7, 11) is 0. The first-order valence-electron chi connectivity index (χ1n) is 13.6. The Balaban J connectivity index is 1.45. The summed E-state index contributed by atoms with van der Waals surface area (Å²) >= 11 is 1.51. The SMILES string of the molecule is Cc1cccc(Cc2nc(C)c(CN(Cc3ccc(SC(C)(C)C(=O)OC(C)(C)C)cc3)Cc3ccco3)o2)c1. The third kappa shape index (κ3) is 8.60. The lowest BCUT2D eigenvalue weighted by Gasteiger charge is -2.28. The van der Waals surface area contributed by atoms with Crippen molar-refractivity contribution in [3.63, 3.8) is 0 Å². The number of thioether (sulfide) groups is 1. The van der Waals surface area contributed by atoms with E-state index in [9.17, 15) is 4.79 Å². The van der Waals surface area contributed by atoms with Crippen LogP contribution in [-0.2, 0) is 35.6 Å². The van der Waals surface area contributed by atoms with Crippen LogP contribution in [0.25, 0.3) is 0 Å². The molecule has 0 bridgehead atoms. The first-order chi connectivity index (χ1) is 18.9. The summed E-state index contributed by atoms with van der Waals surface area (Å²) in [6, 6.07) is 20.7. The zero-order chi connectivity index (χ0) is 28.9. The highest BCUT2D eigenvalue weighted by atomic mass is 32.2. The number of aryl methyl sites for hydroxylation is 2. The smallest absolute Gasteiger partial charge is 0.322 e. The summed E-state index contributed by atoms with van der Waals surface area (Å²) in [4.78, 5) is 20.7. The van der Waals surface area contributed by atoms with Gasteiger partial charge in [0.05, 0.1) is 25.0 Å². The molecule has 0 aliphatic carbocycles. The minimum atomic E-state index is -0.694. The summed E-state index contributed by atoms with van der Waals surface area (Å²) in [6.07, 6.45) is 2.37. The average Bonchev–Trinajstić information content (AvgIpc) is 3.48. The van der Waals surface area contributed by atoms with Crippen LogP contribution >= 0.6 is 11.8 Å². The van der Waals surface area contributed by atoms with Gasteiger partial charge in [-0.3, -0.25) is 9.69 Å². The lowest BCUT2D eigenvalue weighted by atomic mass is 10.1. The summed E-state index contributed by atoms with van der Waals surface area (Å²) in [5, 5.41) is 0. The Morgan fingerprint density at radius 3 is 2.33 bits per heavy atom. The van der Waals surface area contributed by atoms with E-state index in [1.165, 1.54) is 22.9 Å². The average molecular weight is 561 g/mol. The van der Waals surface area contributed by atoms with E-state index in [4.69, 9.17) is 18.6 Å². The topological polar surface area (TPSA) is 68.7 Å². The van der Waals surface area contributed by atoms with Crippen molar-refractivity contribution in [2.24, 2.45) is 0 Å². The lowest BCUT2D eigenvalue weighted by molar-refractivity contribution is -0.156. The Morgan fingerprint density at radius 2 is 1.68 bits per heavy atom. The monoisotopic (exact) mass is 560 g/mol. The summed E-state index contributed by atoms with van der Waals surface area (Å²) in [5.41, 5.74) is 3.96. The normalized spacial score (nSPS) is 12.2. The second-order valence-electron chi connectivity index (χ2n) is 11.8. The predicted octanol–water partition coefficient (Wildman–Crippen LogP) is 7.89. The minimum absolute atomic E-state index is 0.220. The van der Waals surface area contributed by atoms with Gasteiger partial charge in [0.1, 0.15) is 21.9 Å². The fraction of sp³-hybridized carbons (Fsp3) is 0.394. The first kappa shape index (κ1) is 29.7. The van der Waals surface area contributed by atoms with Crippen molar-refractivity contribution >= 4 is 17.7 Å². The molecule has 0 amide bonds. The first-order valence-corrected chi connectivity index (χ1v) is 14.4. The maximum Gasteiger partial charge on any atom is 0.322 e. The van der Waals surface area contributed by atoms with E-state index in [0.717, 1.165) is 33.6 Å². The third-order valence-corrected chi connectivity index (χ3v) is 7.48. The number of benzene rings is 2. The molecule has 6 nitrogen and oxygen atoms in total. The number of furan rings is 1. The number of esters is 1. The van der Waals surface area contributed by atoms with Gasteiger partial charge in [-0.05, 0) is 83.9 Å². The van der Waals surface area contributed by atoms with Crippen LogP contribution in [0.5, 0.6) is 0 Å². The van der Waals surface area contributed by atoms with Crippen LogP contribution in [0.4, 0.5) is 0 Å². The Bertz CT molecular complexity index is 1400. The molecule has 2 aromatic carbocycles. The van der Waals surface area contributed by atoms with Gasteiger partial charge in [-0.25, -0.2) is 4.98 Å². The van der Waals surface area contributed by atoms with Crippen LogP contribution in [0.1, 0.15) is 74.4 Å². The number of rotatable bonds is 11. The predicted molar refractivity (Wildman–Crippen MR) is 159 cm³/mol. The Labute approximate surface area is 242 Å². The lowest BCUT2D eigenvalue weighted by Crippen LogP contribution is -2.36. The maximum absolute atomic E-state index is 12.7. The molecule has 4 aromatic rings. The van der Waals surface area contributed by atoms with E-state index in [1.54, 1.807) is 6.26 Å². The van der Waals surface area contributed by atoms with Gasteiger partial charge in [0.2, 0.25) is 0 Å². The van der Waals surface area contributed by atoms with Crippen LogP contribution in [-0.4, -0.2) is 26.2 Å². The van der Waals surface area contributed by atoms with Gasteiger partial charge in [-0.15, -0.1) is 11.8 Å². The number of carbonyl (C=O) groups is 1. The number of carbonyl (C=O) groups excluding carboxylic acids is 1. The van der Waals surface area contributed by atoms with Crippen LogP contribution in [0.2, 0.25) is 0 Å². The second kappa shape index (κ2) is 12.5. The van der Waals surface area contributed by atoms with E-state index < -0.39 is 10.3 Å². The molecule has 0 N–H and O–H groups in total. The molecule has 7 heteroatoms. The van der Waals surface area contributed by atoms with Gasteiger partial charge >= 0.3 is 5.97 Å². The van der Waals surface area contributed by atoms with Crippen molar-refractivity contribution in [2.45, 2.75) is 89.8 Å². The zero-order valence-corrected chi connectivity index (χ0v) is 25.4. The van der Waals surface area contributed by atoms with Crippen molar-refractivity contribution in [3.05, 3.63) is 107 Å². The standard InChI is InChI=1S/C33H40N2O4S/c1-23-10-8-11-26(18-23)19-30-34-24(2)29(38-30)22-35(21-27-12-9-17-37-27)20-25-13-15-28(16-14-25)40-33(6,7)31(36)39-32(3,4)5/h8-18H,19-22H2,1-7H3. The third-order valence-electron chi connectivity index (χ3n) is 6.29. The summed E-state index contributed by atoms with van der Waals surface area (Å²) in [6.45, 7) is 15.5. The van der Waals surface area contributed by atoms with E-state index in [2.05, 4.69) is 60.4 Å². The second-order valence-corrected chi connectivity index (χ2v) is 13.5. The maximum atomic E-state index is 12.7. The van der Waals surface area contributed by atoms with Crippen molar-refractivity contribution in [2.75, 3.05) is 0 Å². The molecule has 0 radical (unpaired) electrons. The Morgan fingerprint density at radius 1 is 0.925 bits per heavy atom. The van der Waals surface area contributed by atoms with Crippen molar-refractivity contribution in [3.8, 4) is 0 Å². The number of hydrogen-bond donors (Lipinski definition) is 0.